The van der Waals surface area contributed by atoms with E-state index in [2.05, 4.69) is 0 Å². The highest BCUT2D eigenvalue weighted by Crippen LogP contribution is 2.45. The molecule has 0 spiro atoms. The van der Waals surface area contributed by atoms with Gasteiger partial charge in [0.05, 0.1) is 21.3 Å². The smallest absolute Gasteiger partial charge is 0.164 e. The third kappa shape index (κ3) is 2.07. The van der Waals surface area contributed by atoms with Gasteiger partial charge in [0.15, 0.2) is 23.0 Å². The zero-order chi connectivity index (χ0) is 15.0. The molecule has 4 nitrogen and oxygen atoms in total. The lowest BCUT2D eigenvalue weighted by atomic mass is 9.84. The zero-order valence-electron chi connectivity index (χ0n) is 12.4. The highest BCUT2D eigenvalue weighted by atomic mass is 16.5. The maximum atomic E-state index is 9.93. The molecule has 1 aliphatic carbocycles. The SMILES string of the molecule is COc1cc2c(cc1O)CCc1c-2ccc(OC)c1OC. The average molecular weight is 286 g/mol. The number of aromatic hydroxyl groups is 1. The molecule has 0 radical (unpaired) electrons. The van der Waals surface area contributed by atoms with E-state index in [1.165, 1.54) is 0 Å². The maximum absolute atomic E-state index is 9.93. The number of methoxy groups -OCH3 is 3. The second-order valence-electron chi connectivity index (χ2n) is 5.01. The van der Waals surface area contributed by atoms with Gasteiger partial charge in [-0.05, 0) is 47.7 Å². The Balaban J connectivity index is 2.23. The van der Waals surface area contributed by atoms with Crippen molar-refractivity contribution < 1.29 is 19.3 Å². The fraction of sp³-hybridized carbons (Fsp3) is 0.294. The van der Waals surface area contributed by atoms with Crippen LogP contribution in [0.15, 0.2) is 24.3 Å². The van der Waals surface area contributed by atoms with Crippen molar-refractivity contribution in [2.24, 2.45) is 0 Å². The van der Waals surface area contributed by atoms with E-state index in [4.69, 9.17) is 14.2 Å². The zero-order valence-corrected chi connectivity index (χ0v) is 12.4. The molecular weight excluding hydrogens is 268 g/mol. The summed E-state index contributed by atoms with van der Waals surface area (Å²) in [7, 11) is 4.85. The molecule has 0 bridgehead atoms. The van der Waals surface area contributed by atoms with E-state index in [1.54, 1.807) is 27.4 Å². The number of aryl methyl sites for hydroxylation is 1. The Morgan fingerprint density at radius 1 is 0.857 bits per heavy atom. The summed E-state index contributed by atoms with van der Waals surface area (Å²) in [6.45, 7) is 0. The molecule has 0 fully saturated rings. The van der Waals surface area contributed by atoms with Crippen molar-refractivity contribution in [3.8, 4) is 34.1 Å². The Bertz CT molecular complexity index is 692. The second-order valence-corrected chi connectivity index (χ2v) is 5.01. The third-order valence-electron chi connectivity index (χ3n) is 3.99. The lowest BCUT2D eigenvalue weighted by Crippen LogP contribution is -2.07. The van der Waals surface area contributed by atoms with Crippen LogP contribution in [0.5, 0.6) is 23.0 Å². The lowest BCUT2D eigenvalue weighted by Gasteiger charge is -2.24. The summed E-state index contributed by atoms with van der Waals surface area (Å²) in [5.74, 6) is 2.19. The van der Waals surface area contributed by atoms with Crippen LogP contribution in [0.2, 0.25) is 0 Å². The van der Waals surface area contributed by atoms with Crippen LogP contribution in [0.3, 0.4) is 0 Å². The normalized spacial score (nSPS) is 12.3. The second kappa shape index (κ2) is 5.20. The van der Waals surface area contributed by atoms with Crippen LogP contribution in [0.4, 0.5) is 0 Å². The number of benzene rings is 2. The van der Waals surface area contributed by atoms with Crippen LogP contribution in [0.25, 0.3) is 11.1 Å². The number of phenolic OH excluding ortho intramolecular Hbond substituents is 1. The molecule has 0 aromatic heterocycles. The summed E-state index contributed by atoms with van der Waals surface area (Å²) in [5, 5.41) is 9.93. The Morgan fingerprint density at radius 2 is 1.62 bits per heavy atom. The Morgan fingerprint density at radius 3 is 2.29 bits per heavy atom. The number of hydrogen-bond donors (Lipinski definition) is 1. The van der Waals surface area contributed by atoms with Gasteiger partial charge in [0.25, 0.3) is 0 Å². The lowest BCUT2D eigenvalue weighted by molar-refractivity contribution is 0.351. The number of hydrogen-bond acceptors (Lipinski definition) is 4. The van der Waals surface area contributed by atoms with Crippen LogP contribution in [0.1, 0.15) is 11.1 Å². The van der Waals surface area contributed by atoms with Gasteiger partial charge in [-0.15, -0.1) is 0 Å². The monoisotopic (exact) mass is 286 g/mol. The fourth-order valence-corrected chi connectivity index (χ4v) is 2.98. The molecule has 4 heteroatoms. The molecule has 21 heavy (non-hydrogen) atoms. The highest BCUT2D eigenvalue weighted by Gasteiger charge is 2.23. The largest absolute Gasteiger partial charge is 0.504 e. The molecule has 3 rings (SSSR count). The first-order valence-electron chi connectivity index (χ1n) is 6.83. The molecule has 1 aliphatic rings. The van der Waals surface area contributed by atoms with Gasteiger partial charge in [0.1, 0.15) is 0 Å². The highest BCUT2D eigenvalue weighted by molar-refractivity contribution is 5.79. The van der Waals surface area contributed by atoms with Crippen LogP contribution >= 0.6 is 0 Å². The van der Waals surface area contributed by atoms with Gasteiger partial charge < -0.3 is 19.3 Å². The molecule has 0 amide bonds. The molecule has 2 aromatic carbocycles. The predicted molar refractivity (Wildman–Crippen MR) is 80.6 cm³/mol. The van der Waals surface area contributed by atoms with Crippen LogP contribution < -0.4 is 14.2 Å². The number of ether oxygens (including phenoxy) is 3. The number of fused-ring (bicyclic) bond motifs is 3. The molecule has 0 atom stereocenters. The first-order valence-corrected chi connectivity index (χ1v) is 6.83. The van der Waals surface area contributed by atoms with Crippen molar-refractivity contribution in [3.63, 3.8) is 0 Å². The van der Waals surface area contributed by atoms with Crippen molar-refractivity contribution in [2.45, 2.75) is 12.8 Å². The fourth-order valence-electron chi connectivity index (χ4n) is 2.98. The third-order valence-corrected chi connectivity index (χ3v) is 3.99. The van der Waals surface area contributed by atoms with E-state index in [1.807, 2.05) is 18.2 Å². The molecule has 1 N–H and O–H groups in total. The van der Waals surface area contributed by atoms with E-state index in [0.29, 0.717) is 5.75 Å². The standard InChI is InChI=1S/C17H18O4/c1-19-15-7-6-11-12(17(15)21-3)5-4-10-8-14(18)16(20-2)9-13(10)11/h6-9,18H,4-5H2,1-3H3. The van der Waals surface area contributed by atoms with Crippen LogP contribution in [0, 0.1) is 0 Å². The minimum absolute atomic E-state index is 0.181. The van der Waals surface area contributed by atoms with Crippen molar-refractivity contribution in [1.82, 2.24) is 0 Å². The van der Waals surface area contributed by atoms with E-state index in [9.17, 15) is 5.11 Å². The summed E-state index contributed by atoms with van der Waals surface area (Å²) in [5.41, 5.74) is 4.43. The van der Waals surface area contributed by atoms with Crippen molar-refractivity contribution in [1.29, 1.82) is 0 Å². The Hall–Kier alpha value is -2.36. The average Bonchev–Trinajstić information content (AvgIpc) is 2.52. The van der Waals surface area contributed by atoms with E-state index < -0.39 is 0 Å². The van der Waals surface area contributed by atoms with Gasteiger partial charge in [-0.1, -0.05) is 6.07 Å². The van der Waals surface area contributed by atoms with Gasteiger partial charge in [-0.2, -0.15) is 0 Å². The Kier molecular flexibility index (Phi) is 3.37. The topological polar surface area (TPSA) is 47.9 Å². The van der Waals surface area contributed by atoms with Gasteiger partial charge in [-0.3, -0.25) is 0 Å². The van der Waals surface area contributed by atoms with Crippen LogP contribution in [-0.4, -0.2) is 26.4 Å². The molecule has 0 saturated carbocycles. The predicted octanol–water partition coefficient (Wildman–Crippen LogP) is 3.18. The maximum Gasteiger partial charge on any atom is 0.164 e. The molecule has 0 heterocycles. The van der Waals surface area contributed by atoms with Gasteiger partial charge in [0.2, 0.25) is 0 Å². The minimum Gasteiger partial charge on any atom is -0.504 e. The first kappa shape index (κ1) is 13.6. The van der Waals surface area contributed by atoms with Gasteiger partial charge in [-0.25, -0.2) is 0 Å². The Labute approximate surface area is 123 Å². The van der Waals surface area contributed by atoms with E-state index in [0.717, 1.165) is 46.6 Å². The molecule has 0 aliphatic heterocycles. The van der Waals surface area contributed by atoms with Gasteiger partial charge in [0, 0.05) is 5.56 Å². The summed E-state index contributed by atoms with van der Waals surface area (Å²) in [6.07, 6.45) is 1.71. The molecule has 0 saturated heterocycles. The molecule has 2 aromatic rings. The quantitative estimate of drug-likeness (QED) is 0.941. The molecular formula is C17H18O4. The first-order chi connectivity index (χ1) is 10.2. The molecule has 0 unspecified atom stereocenters. The molecule has 110 valence electrons. The summed E-state index contributed by atoms with van der Waals surface area (Å²) in [4.78, 5) is 0. The van der Waals surface area contributed by atoms with E-state index in [-0.39, 0.29) is 5.75 Å². The van der Waals surface area contributed by atoms with Crippen molar-refractivity contribution in [3.05, 3.63) is 35.4 Å². The number of phenols is 1. The van der Waals surface area contributed by atoms with E-state index >= 15 is 0 Å². The van der Waals surface area contributed by atoms with Gasteiger partial charge >= 0.3 is 0 Å². The number of rotatable bonds is 3. The van der Waals surface area contributed by atoms with Crippen molar-refractivity contribution in [2.75, 3.05) is 21.3 Å². The summed E-state index contributed by atoms with van der Waals surface area (Å²) >= 11 is 0. The summed E-state index contributed by atoms with van der Waals surface area (Å²) in [6, 6.07) is 7.61. The van der Waals surface area contributed by atoms with Crippen molar-refractivity contribution >= 4 is 0 Å². The summed E-state index contributed by atoms with van der Waals surface area (Å²) < 4.78 is 16.1. The van der Waals surface area contributed by atoms with Crippen LogP contribution in [-0.2, 0) is 12.8 Å². The minimum atomic E-state index is 0.181.